The van der Waals surface area contributed by atoms with Crippen molar-refractivity contribution in [2.75, 3.05) is 6.61 Å². The summed E-state index contributed by atoms with van der Waals surface area (Å²) in [6.45, 7) is 0.322. The molecule has 1 heterocycles. The predicted molar refractivity (Wildman–Crippen MR) is 86.7 cm³/mol. The third-order valence-electron chi connectivity index (χ3n) is 3.82. The third kappa shape index (κ3) is 4.77. The highest BCUT2D eigenvalue weighted by molar-refractivity contribution is 7.86. The number of amides is 1. The summed E-state index contributed by atoms with van der Waals surface area (Å²) in [7, 11) is -4.52. The van der Waals surface area contributed by atoms with Gasteiger partial charge in [0.15, 0.2) is 6.29 Å². The van der Waals surface area contributed by atoms with Crippen LogP contribution in [0.25, 0.3) is 0 Å². The van der Waals surface area contributed by atoms with Crippen LogP contribution in [0.3, 0.4) is 0 Å². The van der Waals surface area contributed by atoms with Crippen LogP contribution in [0.15, 0.2) is 29.2 Å². The number of hydrogen-bond acceptors (Lipinski definition) is 10. The SMILES string of the molecule is CC(=O)N[C@@H]1C(O)O[C@H](CO)[C@@H](OS(=O)(=O)c2ccc([N+](=O)[O-])cc2)[C@@H]1O. The lowest BCUT2D eigenvalue weighted by Gasteiger charge is -2.41. The molecule has 13 heteroatoms. The first kappa shape index (κ1) is 21.1. The summed E-state index contributed by atoms with van der Waals surface area (Å²) in [5, 5.41) is 42.4. The number of nitro groups is 1. The highest BCUT2D eigenvalue weighted by Crippen LogP contribution is 2.27. The van der Waals surface area contributed by atoms with Gasteiger partial charge in [0.05, 0.1) is 16.4 Å². The number of non-ortho nitro benzene ring substituents is 1. The molecule has 1 unspecified atom stereocenters. The Kier molecular flexibility index (Phi) is 6.46. The number of nitrogens with zero attached hydrogens (tertiary/aromatic N) is 1. The summed E-state index contributed by atoms with van der Waals surface area (Å²) in [6.07, 6.45) is -6.51. The van der Waals surface area contributed by atoms with Crippen molar-refractivity contribution in [3.05, 3.63) is 34.4 Å². The van der Waals surface area contributed by atoms with Crippen molar-refractivity contribution in [2.45, 2.75) is 42.5 Å². The van der Waals surface area contributed by atoms with Gasteiger partial charge in [0.25, 0.3) is 15.8 Å². The van der Waals surface area contributed by atoms with Crippen LogP contribution < -0.4 is 5.32 Å². The van der Waals surface area contributed by atoms with Crippen molar-refractivity contribution in [3.8, 4) is 0 Å². The van der Waals surface area contributed by atoms with Gasteiger partial charge in [-0.3, -0.25) is 19.1 Å². The Morgan fingerprint density at radius 3 is 2.41 bits per heavy atom. The van der Waals surface area contributed by atoms with Crippen LogP contribution in [0.1, 0.15) is 6.92 Å². The Hall–Kier alpha value is -2.16. The van der Waals surface area contributed by atoms with Crippen LogP contribution in [0, 0.1) is 10.1 Å². The van der Waals surface area contributed by atoms with Crippen molar-refractivity contribution >= 4 is 21.7 Å². The molecule has 27 heavy (non-hydrogen) atoms. The summed E-state index contributed by atoms with van der Waals surface area (Å²) >= 11 is 0. The molecule has 0 saturated carbocycles. The van der Waals surface area contributed by atoms with Gasteiger partial charge in [-0.1, -0.05) is 0 Å². The number of nitrogens with one attached hydrogen (secondary N) is 1. The van der Waals surface area contributed by atoms with E-state index in [2.05, 4.69) is 5.32 Å². The molecule has 1 fully saturated rings. The molecule has 1 aliphatic rings. The smallest absolute Gasteiger partial charge is 0.297 e. The van der Waals surface area contributed by atoms with E-state index in [9.17, 15) is 38.6 Å². The average Bonchev–Trinajstić information content (AvgIpc) is 2.60. The van der Waals surface area contributed by atoms with E-state index in [0.29, 0.717) is 0 Å². The van der Waals surface area contributed by atoms with Gasteiger partial charge in [-0.15, -0.1) is 0 Å². The molecule has 1 saturated heterocycles. The number of carbonyl (C=O) groups excluding carboxylic acids is 1. The highest BCUT2D eigenvalue weighted by atomic mass is 32.2. The third-order valence-corrected chi connectivity index (χ3v) is 5.14. The van der Waals surface area contributed by atoms with Crippen molar-refractivity contribution in [1.82, 2.24) is 5.32 Å². The first-order chi connectivity index (χ1) is 12.6. The van der Waals surface area contributed by atoms with Crippen LogP contribution in [0.2, 0.25) is 0 Å². The molecule has 150 valence electrons. The van der Waals surface area contributed by atoms with E-state index in [-0.39, 0.29) is 5.69 Å². The molecule has 0 bridgehead atoms. The quantitative estimate of drug-likeness (QED) is 0.240. The Morgan fingerprint density at radius 1 is 1.33 bits per heavy atom. The molecular weight excluding hydrogens is 388 g/mol. The van der Waals surface area contributed by atoms with Gasteiger partial charge in [0, 0.05) is 19.1 Å². The standard InChI is InChI=1S/C14H18N2O10S/c1-7(18)15-11-12(19)13(10(6-17)25-14(11)20)26-27(23,24)9-4-2-8(3-5-9)16(21)22/h2-5,10-14,17,19-20H,6H2,1H3,(H,15,18)/t10-,11+,12-,13-,14?/m1/s1. The molecule has 4 N–H and O–H groups in total. The summed E-state index contributed by atoms with van der Waals surface area (Å²) in [4.78, 5) is 20.7. The zero-order valence-electron chi connectivity index (χ0n) is 14.0. The Morgan fingerprint density at radius 2 is 1.93 bits per heavy atom. The monoisotopic (exact) mass is 406 g/mol. The number of rotatable bonds is 6. The molecule has 2 rings (SSSR count). The number of aliphatic hydroxyl groups excluding tert-OH is 3. The minimum absolute atomic E-state index is 0.336. The number of ether oxygens (including phenoxy) is 1. The molecule has 1 aromatic rings. The second kappa shape index (κ2) is 8.24. The first-order valence-corrected chi connectivity index (χ1v) is 9.05. The van der Waals surface area contributed by atoms with E-state index in [1.165, 1.54) is 0 Å². The second-order valence-electron chi connectivity index (χ2n) is 5.73. The summed E-state index contributed by atoms with van der Waals surface area (Å²) in [5.41, 5.74) is -0.336. The predicted octanol–water partition coefficient (Wildman–Crippen LogP) is -1.76. The van der Waals surface area contributed by atoms with Gasteiger partial charge in [-0.2, -0.15) is 8.42 Å². The van der Waals surface area contributed by atoms with Crippen molar-refractivity contribution in [1.29, 1.82) is 0 Å². The molecule has 0 aliphatic carbocycles. The fourth-order valence-electron chi connectivity index (χ4n) is 2.53. The van der Waals surface area contributed by atoms with E-state index < -0.39 is 63.1 Å². The minimum Gasteiger partial charge on any atom is -0.394 e. The van der Waals surface area contributed by atoms with E-state index in [1.807, 2.05) is 0 Å². The highest BCUT2D eigenvalue weighted by Gasteiger charge is 2.47. The lowest BCUT2D eigenvalue weighted by Crippen LogP contribution is -2.64. The molecule has 1 amide bonds. The van der Waals surface area contributed by atoms with E-state index in [4.69, 9.17) is 8.92 Å². The Labute approximate surface area is 153 Å². The maximum Gasteiger partial charge on any atom is 0.297 e. The minimum atomic E-state index is -4.52. The molecular formula is C14H18N2O10S. The maximum absolute atomic E-state index is 12.4. The zero-order valence-corrected chi connectivity index (χ0v) is 14.8. The van der Waals surface area contributed by atoms with Gasteiger partial charge in [0.2, 0.25) is 5.91 Å². The van der Waals surface area contributed by atoms with E-state index in [0.717, 1.165) is 31.2 Å². The first-order valence-electron chi connectivity index (χ1n) is 7.64. The molecule has 1 aromatic carbocycles. The van der Waals surface area contributed by atoms with Crippen LogP contribution in [-0.4, -0.2) is 71.8 Å². The molecule has 0 radical (unpaired) electrons. The molecule has 5 atom stereocenters. The summed E-state index contributed by atoms with van der Waals surface area (Å²) in [5.74, 6) is -0.624. The summed E-state index contributed by atoms with van der Waals surface area (Å²) < 4.78 is 34.8. The zero-order chi connectivity index (χ0) is 20.4. The molecule has 1 aliphatic heterocycles. The van der Waals surface area contributed by atoms with Crippen LogP contribution >= 0.6 is 0 Å². The number of benzene rings is 1. The van der Waals surface area contributed by atoms with Gasteiger partial charge in [0.1, 0.15) is 24.4 Å². The van der Waals surface area contributed by atoms with Crippen LogP contribution in [0.5, 0.6) is 0 Å². The van der Waals surface area contributed by atoms with Crippen molar-refractivity contribution < 1.29 is 42.4 Å². The topological polar surface area (TPSA) is 186 Å². The number of aliphatic hydroxyl groups is 3. The van der Waals surface area contributed by atoms with Crippen molar-refractivity contribution in [3.63, 3.8) is 0 Å². The van der Waals surface area contributed by atoms with E-state index >= 15 is 0 Å². The second-order valence-corrected chi connectivity index (χ2v) is 7.30. The van der Waals surface area contributed by atoms with Gasteiger partial charge in [-0.25, -0.2) is 0 Å². The lowest BCUT2D eigenvalue weighted by molar-refractivity contribution is -0.384. The largest absolute Gasteiger partial charge is 0.394 e. The van der Waals surface area contributed by atoms with Crippen LogP contribution in [0.4, 0.5) is 5.69 Å². The Bertz CT molecular complexity index is 797. The van der Waals surface area contributed by atoms with Crippen LogP contribution in [-0.2, 0) is 23.8 Å². The van der Waals surface area contributed by atoms with Crippen molar-refractivity contribution in [2.24, 2.45) is 0 Å². The number of hydrogen-bond donors (Lipinski definition) is 4. The number of nitro benzene ring substituents is 1. The maximum atomic E-state index is 12.4. The number of carbonyl (C=O) groups is 1. The Balaban J connectivity index is 2.27. The fraction of sp³-hybridized carbons (Fsp3) is 0.500. The molecule has 12 nitrogen and oxygen atoms in total. The normalized spacial score (nSPS) is 28.5. The summed E-state index contributed by atoms with van der Waals surface area (Å²) in [6, 6.07) is 2.40. The fourth-order valence-corrected chi connectivity index (χ4v) is 3.64. The van der Waals surface area contributed by atoms with E-state index in [1.54, 1.807) is 0 Å². The molecule has 0 spiro atoms. The van der Waals surface area contributed by atoms with Gasteiger partial charge < -0.3 is 25.4 Å². The average molecular weight is 406 g/mol. The molecule has 0 aromatic heterocycles. The lowest BCUT2D eigenvalue weighted by atomic mass is 9.97. The van der Waals surface area contributed by atoms with Gasteiger partial charge in [-0.05, 0) is 12.1 Å². The van der Waals surface area contributed by atoms with Gasteiger partial charge >= 0.3 is 0 Å².